The van der Waals surface area contributed by atoms with Gasteiger partial charge in [0.05, 0.1) is 12.7 Å². The number of hydrogen-bond acceptors (Lipinski definition) is 4. The van der Waals surface area contributed by atoms with Gasteiger partial charge in [-0.15, -0.1) is 10.2 Å². The molecule has 26 heavy (non-hydrogen) atoms. The number of fused-ring (bicyclic) bond motifs is 2. The van der Waals surface area contributed by atoms with E-state index in [1.807, 2.05) is 40.9 Å². The number of furan rings is 1. The molecule has 0 saturated carbocycles. The van der Waals surface area contributed by atoms with E-state index < -0.39 is 0 Å². The van der Waals surface area contributed by atoms with Gasteiger partial charge in [0.15, 0.2) is 5.65 Å². The van der Waals surface area contributed by atoms with E-state index in [4.69, 9.17) is 4.42 Å². The van der Waals surface area contributed by atoms with Gasteiger partial charge in [0.1, 0.15) is 11.4 Å². The highest BCUT2D eigenvalue weighted by Crippen LogP contribution is 2.23. The number of amides is 1. The number of aromatic nitrogens is 3. The summed E-state index contributed by atoms with van der Waals surface area (Å²) in [7, 11) is 0. The topological polar surface area (TPSA) is 72.4 Å². The Labute approximate surface area is 150 Å². The Bertz CT molecular complexity index is 1060. The van der Waals surface area contributed by atoms with Gasteiger partial charge in [-0.3, -0.25) is 9.20 Å². The second-order valence-electron chi connectivity index (χ2n) is 6.27. The van der Waals surface area contributed by atoms with E-state index in [0.717, 1.165) is 34.4 Å². The van der Waals surface area contributed by atoms with E-state index in [-0.39, 0.29) is 5.91 Å². The quantitative estimate of drug-likeness (QED) is 0.581. The Balaban J connectivity index is 1.37. The van der Waals surface area contributed by atoms with E-state index in [2.05, 4.69) is 28.5 Å². The van der Waals surface area contributed by atoms with E-state index in [9.17, 15) is 4.79 Å². The first-order valence-electron chi connectivity index (χ1n) is 8.79. The third kappa shape index (κ3) is 3.18. The van der Waals surface area contributed by atoms with Crippen LogP contribution in [0.25, 0.3) is 16.6 Å². The Morgan fingerprint density at radius 2 is 2.15 bits per heavy atom. The van der Waals surface area contributed by atoms with Gasteiger partial charge in [-0.05, 0) is 30.2 Å². The van der Waals surface area contributed by atoms with Crippen LogP contribution in [0.1, 0.15) is 23.9 Å². The van der Waals surface area contributed by atoms with Crippen LogP contribution in [0, 0.1) is 0 Å². The maximum Gasteiger partial charge on any atom is 0.224 e. The standard InChI is InChI=1S/C20H20N4O2/c1-2-14-6-7-16-15(13-26-17(16)11-14)12-20(25)21-9-8-19-23-22-18-5-3-4-10-24(18)19/h3-7,10-11,13H,2,8-9,12H2,1H3,(H,21,25). The van der Waals surface area contributed by atoms with Gasteiger partial charge in [0.25, 0.3) is 0 Å². The first-order valence-corrected chi connectivity index (χ1v) is 8.79. The smallest absolute Gasteiger partial charge is 0.224 e. The first kappa shape index (κ1) is 16.3. The summed E-state index contributed by atoms with van der Waals surface area (Å²) in [5, 5.41) is 12.2. The number of pyridine rings is 1. The Morgan fingerprint density at radius 1 is 1.23 bits per heavy atom. The summed E-state index contributed by atoms with van der Waals surface area (Å²) in [6, 6.07) is 11.9. The van der Waals surface area contributed by atoms with Gasteiger partial charge in [-0.25, -0.2) is 0 Å². The summed E-state index contributed by atoms with van der Waals surface area (Å²) in [4.78, 5) is 12.3. The van der Waals surface area contributed by atoms with Gasteiger partial charge >= 0.3 is 0 Å². The Kier molecular flexibility index (Phi) is 4.39. The summed E-state index contributed by atoms with van der Waals surface area (Å²) in [5.41, 5.74) is 3.78. The van der Waals surface area contributed by atoms with Crippen LogP contribution < -0.4 is 5.32 Å². The van der Waals surface area contributed by atoms with Gasteiger partial charge in [-0.2, -0.15) is 0 Å². The molecule has 132 valence electrons. The van der Waals surface area contributed by atoms with Crippen LogP contribution >= 0.6 is 0 Å². The normalized spacial score (nSPS) is 11.3. The number of rotatable bonds is 6. The second kappa shape index (κ2) is 7.00. The maximum absolute atomic E-state index is 12.3. The predicted molar refractivity (Wildman–Crippen MR) is 99.0 cm³/mol. The molecule has 1 aromatic carbocycles. The highest BCUT2D eigenvalue weighted by Gasteiger charge is 2.11. The highest BCUT2D eigenvalue weighted by atomic mass is 16.3. The van der Waals surface area contributed by atoms with Gasteiger partial charge in [0, 0.05) is 30.1 Å². The van der Waals surface area contributed by atoms with Crippen LogP contribution in [0.5, 0.6) is 0 Å². The van der Waals surface area contributed by atoms with Crippen LogP contribution in [0.2, 0.25) is 0 Å². The zero-order chi connectivity index (χ0) is 17.9. The van der Waals surface area contributed by atoms with Crippen LogP contribution in [-0.4, -0.2) is 27.0 Å². The minimum absolute atomic E-state index is 0.0268. The van der Waals surface area contributed by atoms with Crippen LogP contribution in [0.4, 0.5) is 0 Å². The van der Waals surface area contributed by atoms with Crippen molar-refractivity contribution in [2.45, 2.75) is 26.2 Å². The lowest BCUT2D eigenvalue weighted by Crippen LogP contribution is -2.27. The summed E-state index contributed by atoms with van der Waals surface area (Å²) in [6.45, 7) is 2.63. The zero-order valence-corrected chi connectivity index (χ0v) is 14.6. The largest absolute Gasteiger partial charge is 0.464 e. The summed E-state index contributed by atoms with van der Waals surface area (Å²) >= 11 is 0. The fourth-order valence-corrected chi connectivity index (χ4v) is 3.10. The molecule has 0 radical (unpaired) electrons. The number of nitrogens with zero attached hydrogens (tertiary/aromatic N) is 3. The molecule has 0 unspecified atom stereocenters. The molecule has 3 aromatic heterocycles. The van der Waals surface area contributed by atoms with Crippen LogP contribution in [-0.2, 0) is 24.1 Å². The van der Waals surface area contributed by atoms with Crippen LogP contribution in [0.15, 0.2) is 53.3 Å². The van der Waals surface area contributed by atoms with Crippen LogP contribution in [0.3, 0.4) is 0 Å². The average Bonchev–Trinajstić information content (AvgIpc) is 3.26. The average molecular weight is 348 g/mol. The molecular weight excluding hydrogens is 328 g/mol. The monoisotopic (exact) mass is 348 g/mol. The molecule has 0 atom stereocenters. The molecule has 0 bridgehead atoms. The van der Waals surface area contributed by atoms with Crippen molar-refractivity contribution in [2.75, 3.05) is 6.54 Å². The number of aryl methyl sites for hydroxylation is 1. The van der Waals surface area contributed by atoms with Crippen molar-refractivity contribution in [3.8, 4) is 0 Å². The molecule has 0 aliphatic heterocycles. The predicted octanol–water partition coefficient (Wildman–Crippen LogP) is 2.94. The van der Waals surface area contributed by atoms with Crippen molar-refractivity contribution in [1.82, 2.24) is 19.9 Å². The Hall–Kier alpha value is -3.15. The second-order valence-corrected chi connectivity index (χ2v) is 6.27. The van der Waals surface area contributed by atoms with Gasteiger partial charge < -0.3 is 9.73 Å². The molecule has 4 aromatic rings. The minimum Gasteiger partial charge on any atom is -0.464 e. The molecule has 4 rings (SSSR count). The van der Waals surface area contributed by atoms with Crippen molar-refractivity contribution in [2.24, 2.45) is 0 Å². The zero-order valence-electron chi connectivity index (χ0n) is 14.6. The van der Waals surface area contributed by atoms with E-state index in [1.54, 1.807) is 6.26 Å². The molecule has 1 amide bonds. The highest BCUT2D eigenvalue weighted by molar-refractivity contribution is 5.87. The third-order valence-electron chi connectivity index (χ3n) is 4.53. The molecule has 0 fully saturated rings. The van der Waals surface area contributed by atoms with Crippen molar-refractivity contribution in [1.29, 1.82) is 0 Å². The fourth-order valence-electron chi connectivity index (χ4n) is 3.10. The lowest BCUT2D eigenvalue weighted by molar-refractivity contribution is -0.120. The summed E-state index contributed by atoms with van der Waals surface area (Å²) < 4.78 is 7.53. The summed E-state index contributed by atoms with van der Waals surface area (Å²) in [5.74, 6) is 0.808. The molecule has 6 nitrogen and oxygen atoms in total. The van der Waals surface area contributed by atoms with E-state index >= 15 is 0 Å². The number of carbonyl (C=O) groups is 1. The lowest BCUT2D eigenvalue weighted by Gasteiger charge is -2.04. The Morgan fingerprint density at radius 3 is 3.04 bits per heavy atom. The SMILES string of the molecule is CCc1ccc2c(CC(=O)NCCc3nnc4ccccn34)coc2c1. The molecule has 0 spiro atoms. The van der Waals surface area contributed by atoms with Crippen molar-refractivity contribution in [3.63, 3.8) is 0 Å². The summed E-state index contributed by atoms with van der Waals surface area (Å²) in [6.07, 6.45) is 5.50. The number of carbonyl (C=O) groups excluding carboxylic acids is 1. The molecule has 6 heteroatoms. The van der Waals surface area contributed by atoms with Crippen molar-refractivity contribution < 1.29 is 9.21 Å². The van der Waals surface area contributed by atoms with Gasteiger partial charge in [0.2, 0.25) is 5.91 Å². The van der Waals surface area contributed by atoms with Gasteiger partial charge in [-0.1, -0.05) is 25.1 Å². The molecule has 0 saturated heterocycles. The minimum atomic E-state index is -0.0268. The molecule has 0 aliphatic carbocycles. The third-order valence-corrected chi connectivity index (χ3v) is 4.53. The maximum atomic E-state index is 12.3. The van der Waals surface area contributed by atoms with Crippen molar-refractivity contribution >= 4 is 22.5 Å². The number of hydrogen-bond donors (Lipinski definition) is 1. The first-order chi connectivity index (χ1) is 12.7. The van der Waals surface area contributed by atoms with E-state index in [1.165, 1.54) is 5.56 Å². The molecular formula is C20H20N4O2. The lowest BCUT2D eigenvalue weighted by atomic mass is 10.1. The van der Waals surface area contributed by atoms with Crippen molar-refractivity contribution in [3.05, 3.63) is 65.8 Å². The number of nitrogens with one attached hydrogen (secondary N) is 1. The molecule has 1 N–H and O–H groups in total. The number of benzene rings is 1. The van der Waals surface area contributed by atoms with E-state index in [0.29, 0.717) is 19.4 Å². The fraction of sp³-hybridized carbons (Fsp3) is 0.250. The molecule has 3 heterocycles. The molecule has 0 aliphatic rings.